The fourth-order valence-electron chi connectivity index (χ4n) is 4.47. The Balaban J connectivity index is 1.49. The van der Waals surface area contributed by atoms with Crippen molar-refractivity contribution in [2.75, 3.05) is 6.54 Å². The molecular formula is C26H23FN4O6S. The standard InChI is InChI=1S/C26H23FN4O6S/c1-16-15-17(27)7-12-22(16)37-19-8-10-20(11-9-19)38(35,36)30-14-13-21-23(24(30)25(32)29-34)26(33)31(28-21)18-5-3-2-4-6-18/h2-12,15,24,28,34H,13-14H2,1H3,(H,29,32). The SMILES string of the molecule is Cc1cc(F)ccc1Oc1ccc(S(=O)(=O)N2CCc3[nH]n(-c4ccccc4)c(=O)c3C2C(=O)NO)cc1. The van der Waals surface area contributed by atoms with Crippen molar-refractivity contribution < 1.29 is 27.5 Å². The number of sulfonamides is 1. The molecule has 38 heavy (non-hydrogen) atoms. The number of halogens is 1. The number of nitrogens with one attached hydrogen (secondary N) is 2. The summed E-state index contributed by atoms with van der Waals surface area (Å²) in [4.78, 5) is 25.9. The number of nitrogens with zero attached hydrogens (tertiary/aromatic N) is 2. The Morgan fingerprint density at radius 1 is 1.11 bits per heavy atom. The van der Waals surface area contributed by atoms with E-state index in [9.17, 15) is 27.6 Å². The van der Waals surface area contributed by atoms with E-state index < -0.39 is 33.3 Å². The zero-order valence-electron chi connectivity index (χ0n) is 20.1. The lowest BCUT2D eigenvalue weighted by Crippen LogP contribution is -2.48. The zero-order valence-corrected chi connectivity index (χ0v) is 20.9. The van der Waals surface area contributed by atoms with Gasteiger partial charge >= 0.3 is 0 Å². The van der Waals surface area contributed by atoms with E-state index in [1.165, 1.54) is 52.6 Å². The largest absolute Gasteiger partial charge is 0.457 e. The maximum Gasteiger partial charge on any atom is 0.276 e. The molecule has 1 unspecified atom stereocenters. The van der Waals surface area contributed by atoms with Gasteiger partial charge in [0.05, 0.1) is 16.1 Å². The van der Waals surface area contributed by atoms with Crippen LogP contribution in [0.1, 0.15) is 22.9 Å². The molecule has 1 aliphatic rings. The van der Waals surface area contributed by atoms with Crippen LogP contribution in [-0.2, 0) is 21.2 Å². The van der Waals surface area contributed by atoms with Crippen molar-refractivity contribution in [3.63, 3.8) is 0 Å². The topological polar surface area (TPSA) is 134 Å². The molecule has 5 rings (SSSR count). The van der Waals surface area contributed by atoms with Gasteiger partial charge in [0.15, 0.2) is 0 Å². The van der Waals surface area contributed by atoms with Crippen molar-refractivity contribution >= 4 is 15.9 Å². The summed E-state index contributed by atoms with van der Waals surface area (Å²) in [6, 6.07) is 16.6. The lowest BCUT2D eigenvalue weighted by atomic mass is 10.0. The summed E-state index contributed by atoms with van der Waals surface area (Å²) in [6.45, 7) is 1.57. The summed E-state index contributed by atoms with van der Waals surface area (Å²) in [5, 5.41) is 12.4. The van der Waals surface area contributed by atoms with Gasteiger partial charge in [0.25, 0.3) is 11.5 Å². The smallest absolute Gasteiger partial charge is 0.276 e. The first-order valence-corrected chi connectivity index (χ1v) is 13.0. The van der Waals surface area contributed by atoms with Gasteiger partial charge in [0.1, 0.15) is 23.4 Å². The number of aromatic nitrogens is 2. The molecule has 0 radical (unpaired) electrons. The molecule has 0 saturated heterocycles. The van der Waals surface area contributed by atoms with Crippen molar-refractivity contribution in [2.45, 2.75) is 24.3 Å². The first-order chi connectivity index (χ1) is 18.2. The number of carbonyl (C=O) groups is 1. The number of hydrogen-bond donors (Lipinski definition) is 3. The monoisotopic (exact) mass is 538 g/mol. The number of para-hydroxylation sites is 1. The third-order valence-corrected chi connectivity index (χ3v) is 8.20. The van der Waals surface area contributed by atoms with Gasteiger partial charge in [-0.2, -0.15) is 4.31 Å². The van der Waals surface area contributed by atoms with E-state index in [1.807, 2.05) is 0 Å². The molecule has 0 fully saturated rings. The minimum atomic E-state index is -4.29. The molecule has 0 spiro atoms. The van der Waals surface area contributed by atoms with Crippen LogP contribution >= 0.6 is 0 Å². The lowest BCUT2D eigenvalue weighted by Gasteiger charge is -2.32. The second-order valence-electron chi connectivity index (χ2n) is 8.71. The number of H-pyrrole nitrogens is 1. The van der Waals surface area contributed by atoms with E-state index in [-0.39, 0.29) is 23.4 Å². The minimum absolute atomic E-state index is 0.0676. The quantitative estimate of drug-likeness (QED) is 0.255. The Bertz CT molecular complexity index is 1670. The molecule has 0 aliphatic carbocycles. The van der Waals surface area contributed by atoms with E-state index >= 15 is 0 Å². The Kier molecular flexibility index (Phi) is 6.61. The van der Waals surface area contributed by atoms with Crippen LogP contribution in [-0.4, -0.2) is 40.2 Å². The molecule has 2 heterocycles. The Morgan fingerprint density at radius 2 is 1.82 bits per heavy atom. The van der Waals surface area contributed by atoms with Crippen LogP contribution in [0.5, 0.6) is 11.5 Å². The third-order valence-electron chi connectivity index (χ3n) is 6.32. The molecule has 0 bridgehead atoms. The second kappa shape index (κ2) is 9.89. The number of aryl methyl sites for hydroxylation is 1. The average molecular weight is 539 g/mol. The normalized spacial score (nSPS) is 15.6. The molecule has 1 aliphatic heterocycles. The van der Waals surface area contributed by atoms with Crippen molar-refractivity contribution in [3.05, 3.63) is 106 Å². The van der Waals surface area contributed by atoms with Crippen LogP contribution in [0.25, 0.3) is 5.69 Å². The summed E-state index contributed by atoms with van der Waals surface area (Å²) in [7, 11) is -4.29. The molecule has 12 heteroatoms. The average Bonchev–Trinajstić information content (AvgIpc) is 3.26. The Hall–Kier alpha value is -4.26. The highest BCUT2D eigenvalue weighted by molar-refractivity contribution is 7.89. The summed E-state index contributed by atoms with van der Waals surface area (Å²) in [5.41, 5.74) is 2.31. The van der Waals surface area contributed by atoms with Gasteiger partial charge in [-0.25, -0.2) is 23.0 Å². The van der Waals surface area contributed by atoms with E-state index in [2.05, 4.69) is 5.10 Å². The van der Waals surface area contributed by atoms with E-state index in [0.717, 1.165) is 4.31 Å². The Labute approximate surface area is 216 Å². The third kappa shape index (κ3) is 4.49. The zero-order chi connectivity index (χ0) is 27.0. The molecule has 196 valence electrons. The number of hydrogen-bond acceptors (Lipinski definition) is 6. The predicted octanol–water partition coefficient (Wildman–Crippen LogP) is 3.20. The van der Waals surface area contributed by atoms with Crippen molar-refractivity contribution in [1.29, 1.82) is 0 Å². The van der Waals surface area contributed by atoms with Crippen LogP contribution < -0.4 is 15.8 Å². The van der Waals surface area contributed by atoms with Crippen LogP contribution in [0, 0.1) is 12.7 Å². The highest BCUT2D eigenvalue weighted by Gasteiger charge is 2.43. The molecule has 1 amide bonds. The summed E-state index contributed by atoms with van der Waals surface area (Å²) in [6.07, 6.45) is 0.143. The lowest BCUT2D eigenvalue weighted by molar-refractivity contribution is -0.133. The number of amides is 1. The summed E-state index contributed by atoms with van der Waals surface area (Å²) >= 11 is 0. The summed E-state index contributed by atoms with van der Waals surface area (Å²) < 4.78 is 48.5. The van der Waals surface area contributed by atoms with Gasteiger partial charge < -0.3 is 4.74 Å². The maximum atomic E-state index is 13.6. The van der Waals surface area contributed by atoms with Crippen molar-refractivity contribution in [3.8, 4) is 17.2 Å². The highest BCUT2D eigenvalue weighted by atomic mass is 32.2. The number of aromatic amines is 1. The molecule has 10 nitrogen and oxygen atoms in total. The minimum Gasteiger partial charge on any atom is -0.457 e. The first kappa shape index (κ1) is 25.4. The van der Waals surface area contributed by atoms with Crippen molar-refractivity contribution in [1.82, 2.24) is 19.6 Å². The first-order valence-electron chi connectivity index (χ1n) is 11.6. The number of hydroxylamine groups is 1. The fraction of sp³-hybridized carbons (Fsp3) is 0.154. The molecule has 1 atom stereocenters. The number of ether oxygens (including phenoxy) is 1. The number of benzene rings is 3. The van der Waals surface area contributed by atoms with Crippen LogP contribution in [0.4, 0.5) is 4.39 Å². The number of rotatable bonds is 6. The highest BCUT2D eigenvalue weighted by Crippen LogP contribution is 2.34. The van der Waals surface area contributed by atoms with Gasteiger partial charge in [-0.1, -0.05) is 18.2 Å². The van der Waals surface area contributed by atoms with Crippen LogP contribution in [0.15, 0.2) is 82.5 Å². The van der Waals surface area contributed by atoms with E-state index in [1.54, 1.807) is 37.3 Å². The molecule has 4 aromatic rings. The molecular weight excluding hydrogens is 515 g/mol. The van der Waals surface area contributed by atoms with Gasteiger partial charge in [0.2, 0.25) is 10.0 Å². The van der Waals surface area contributed by atoms with E-state index in [0.29, 0.717) is 28.4 Å². The fourth-order valence-corrected chi connectivity index (χ4v) is 6.03. The number of carbonyl (C=O) groups excluding carboxylic acids is 1. The van der Waals surface area contributed by atoms with Gasteiger partial charge in [-0.05, 0) is 67.1 Å². The molecule has 3 N–H and O–H groups in total. The summed E-state index contributed by atoms with van der Waals surface area (Å²) in [5.74, 6) is -0.731. The van der Waals surface area contributed by atoms with Gasteiger partial charge in [-0.15, -0.1) is 0 Å². The van der Waals surface area contributed by atoms with Gasteiger partial charge in [0, 0.05) is 18.7 Å². The molecule has 3 aromatic carbocycles. The van der Waals surface area contributed by atoms with Gasteiger partial charge in [-0.3, -0.25) is 19.9 Å². The number of fused-ring (bicyclic) bond motifs is 1. The Morgan fingerprint density at radius 3 is 2.47 bits per heavy atom. The molecule has 0 saturated carbocycles. The predicted molar refractivity (Wildman–Crippen MR) is 134 cm³/mol. The molecule has 1 aromatic heterocycles. The van der Waals surface area contributed by atoms with Crippen molar-refractivity contribution in [2.24, 2.45) is 0 Å². The van der Waals surface area contributed by atoms with Crippen LogP contribution in [0.3, 0.4) is 0 Å². The maximum absolute atomic E-state index is 13.6. The van der Waals surface area contributed by atoms with Crippen LogP contribution in [0.2, 0.25) is 0 Å². The second-order valence-corrected chi connectivity index (χ2v) is 10.6. The van der Waals surface area contributed by atoms with E-state index in [4.69, 9.17) is 4.74 Å².